The van der Waals surface area contributed by atoms with Gasteiger partial charge in [-0.15, -0.1) is 39.3 Å². The first kappa shape index (κ1) is 40.5. The van der Waals surface area contributed by atoms with Crippen molar-refractivity contribution in [3.8, 4) is 0 Å². The van der Waals surface area contributed by atoms with E-state index >= 15 is 0 Å². The van der Waals surface area contributed by atoms with Crippen LogP contribution in [-0.4, -0.2) is 159 Å². The van der Waals surface area contributed by atoms with Crippen molar-refractivity contribution >= 4 is 92.5 Å². The smallest absolute Gasteiger partial charge is 0.662 e. The first-order valence-corrected chi connectivity index (χ1v) is 16.2. The zero-order valence-corrected chi connectivity index (χ0v) is 29.7. The third-order valence-electron chi connectivity index (χ3n) is 6.59. The zero-order valence-electron chi connectivity index (χ0n) is 25.1. The van der Waals surface area contributed by atoms with E-state index < -0.39 is 11.1 Å². The van der Waals surface area contributed by atoms with Gasteiger partial charge in [0.2, 0.25) is 0 Å². The summed E-state index contributed by atoms with van der Waals surface area (Å²) in [7, 11) is 0. The molecule has 3 rings (SSSR count). The second kappa shape index (κ2) is 25.7. The molecule has 3 fully saturated rings. The minimum atomic E-state index is -0.501. The van der Waals surface area contributed by atoms with Gasteiger partial charge in [0.15, 0.2) is 10.2 Å². The molecule has 0 amide bonds. The molecule has 0 unspecified atom stereocenters. The van der Waals surface area contributed by atoms with Crippen LogP contribution >= 0.6 is 48.9 Å². The summed E-state index contributed by atoms with van der Waals surface area (Å²) < 4.78 is 0. The van der Waals surface area contributed by atoms with Crippen LogP contribution in [0.4, 0.5) is 0 Å². The van der Waals surface area contributed by atoms with Crippen molar-refractivity contribution in [1.29, 1.82) is 0 Å². The molecule has 43 heavy (non-hydrogen) atoms. The van der Waals surface area contributed by atoms with Gasteiger partial charge in [-0.1, -0.05) is 0 Å². The molecule has 4 N–H and O–H groups in total. The van der Waals surface area contributed by atoms with Gasteiger partial charge in [0, 0.05) is 31.9 Å². The number of isothiocyanates is 2. The number of aliphatic imine (C=N–C) groups is 2. The average molecular weight is 685 g/mol. The maximum atomic E-state index is 5.65. The van der Waals surface area contributed by atoms with Crippen LogP contribution in [0.5, 0.6) is 0 Å². The third kappa shape index (κ3) is 18.9. The topological polar surface area (TPSA) is 157 Å². The fourth-order valence-corrected chi connectivity index (χ4v) is 5.24. The zero-order chi connectivity index (χ0) is 30.2. The van der Waals surface area contributed by atoms with E-state index in [1.807, 2.05) is 0 Å². The Morgan fingerprint density at radius 3 is 1.16 bits per heavy atom. The number of unbranched alkanes of at least 4 members (excludes halogenated alkanes) is 2. The first-order valence-electron chi connectivity index (χ1n) is 14.5. The summed E-state index contributed by atoms with van der Waals surface area (Å²) >= 11 is 20.5. The van der Waals surface area contributed by atoms with Gasteiger partial charge in [0.25, 0.3) is 0 Å². The van der Waals surface area contributed by atoms with Gasteiger partial charge in [-0.2, -0.15) is 39.3 Å². The van der Waals surface area contributed by atoms with E-state index in [0.717, 1.165) is 38.8 Å². The van der Waals surface area contributed by atoms with Gasteiger partial charge in [0.1, 0.15) is 0 Å². The van der Waals surface area contributed by atoms with Gasteiger partial charge in [-0.3, -0.25) is 0 Å². The molecule has 0 aromatic carbocycles. The maximum Gasteiger partial charge on any atom is 2.00 e. The molecule has 3 heterocycles. The van der Waals surface area contributed by atoms with Crippen molar-refractivity contribution in [1.82, 2.24) is 21.3 Å². The molecule has 0 aromatic rings. The number of thiocarbonyl (C=S) groups is 4. The van der Waals surface area contributed by atoms with E-state index in [4.69, 9.17) is 56.3 Å². The van der Waals surface area contributed by atoms with Crippen LogP contribution < -0.4 is 21.3 Å². The number of fused-ring (bicyclic) bond motifs is 15. The predicted octanol–water partition coefficient (Wildman–Crippen LogP) is 4.03. The number of nitrogens with zero attached hydrogens (tertiary/aromatic N) is 8. The third-order valence-corrected chi connectivity index (χ3v) is 7.34. The van der Waals surface area contributed by atoms with Crippen molar-refractivity contribution in [3.05, 3.63) is 31.9 Å². The largest absolute Gasteiger partial charge is 2.00 e. The molecule has 3 aliphatic heterocycles. The summed E-state index contributed by atoms with van der Waals surface area (Å²) in [5.41, 5.74) is -1.00. The number of nitrogens with one attached hydrogen (secondary N) is 4. The first-order chi connectivity index (χ1) is 20.5. The van der Waals surface area contributed by atoms with Crippen molar-refractivity contribution in [2.45, 2.75) is 36.8 Å². The molecule has 12 nitrogen and oxygen atoms in total. The van der Waals surface area contributed by atoms with Crippen LogP contribution in [0.15, 0.2) is 9.98 Å². The molecular formula is C26H52MgN12S4-4. The molecule has 0 aliphatic carbocycles. The second-order valence-electron chi connectivity index (χ2n) is 10.3. The molecule has 246 valence electrons. The minimum absolute atomic E-state index is 0. The summed E-state index contributed by atoms with van der Waals surface area (Å²) in [5, 5.41) is 48.7. The van der Waals surface area contributed by atoms with Gasteiger partial charge in [-0.05, 0) is 85.6 Å². The molecule has 2 bridgehead atoms. The molecule has 0 aromatic heterocycles. The molecule has 0 atom stereocenters. The Hall–Kier alpha value is -0.494. The number of hydrogen-bond acceptors (Lipinski definition) is 6. The van der Waals surface area contributed by atoms with E-state index in [2.05, 4.69) is 66.0 Å². The van der Waals surface area contributed by atoms with Crippen molar-refractivity contribution in [2.75, 3.05) is 105 Å². The van der Waals surface area contributed by atoms with E-state index in [0.29, 0.717) is 102 Å². The van der Waals surface area contributed by atoms with Gasteiger partial charge >= 0.3 is 23.1 Å². The van der Waals surface area contributed by atoms with E-state index in [-0.39, 0.29) is 28.8 Å². The van der Waals surface area contributed by atoms with Crippen LogP contribution in [-0.2, 0) is 0 Å². The van der Waals surface area contributed by atoms with E-state index in [9.17, 15) is 0 Å². The molecule has 0 saturated carbocycles. The Labute approximate surface area is 301 Å². The Morgan fingerprint density at radius 2 is 0.884 bits per heavy atom. The van der Waals surface area contributed by atoms with E-state index in [1.54, 1.807) is 0 Å². The van der Waals surface area contributed by atoms with Crippen LogP contribution in [0.2, 0.25) is 0 Å². The van der Waals surface area contributed by atoms with Crippen LogP contribution in [0.3, 0.4) is 0 Å². The molecule has 3 aliphatic rings. The second-order valence-corrected chi connectivity index (χ2v) is 11.5. The van der Waals surface area contributed by atoms with Crippen molar-refractivity contribution < 1.29 is 5.71 Å². The molecule has 0 spiro atoms. The molecule has 17 heteroatoms. The fourth-order valence-electron chi connectivity index (χ4n) is 4.42. The monoisotopic (exact) mass is 684 g/mol. The Bertz CT molecular complexity index is 792. The minimum Gasteiger partial charge on any atom is -0.662 e. The summed E-state index contributed by atoms with van der Waals surface area (Å²) in [6.07, 6.45) is 3.71. The summed E-state index contributed by atoms with van der Waals surface area (Å²) in [4.78, 5) is 7.91. The van der Waals surface area contributed by atoms with Crippen LogP contribution in [0.25, 0.3) is 31.9 Å². The summed E-state index contributed by atoms with van der Waals surface area (Å²) in [6.45, 7) is 9.62. The average Bonchev–Trinajstić information content (AvgIpc) is 2.97. The normalized spacial score (nSPS) is 23.5. The summed E-state index contributed by atoms with van der Waals surface area (Å²) in [5.74, 6) is 0. The van der Waals surface area contributed by atoms with Crippen LogP contribution in [0, 0.1) is 0 Å². The number of rotatable bonds is 12. The van der Waals surface area contributed by atoms with Crippen LogP contribution in [0.1, 0.15) is 31.4 Å². The van der Waals surface area contributed by atoms with E-state index in [1.165, 1.54) is 0 Å². The fraction of sp³-hybridized carbons (Fsp3) is 0.846. The Kier molecular flexibility index (Phi) is 24.2. The quantitative estimate of drug-likeness (QED) is 0.104. The Morgan fingerprint density at radius 1 is 0.581 bits per heavy atom. The predicted molar refractivity (Wildman–Crippen MR) is 204 cm³/mol. The van der Waals surface area contributed by atoms with Crippen molar-refractivity contribution in [3.63, 3.8) is 0 Å². The number of hydrogen-bond donors (Lipinski definition) is 4. The molecule has 0 radical (unpaired) electrons. The van der Waals surface area contributed by atoms with Gasteiger partial charge in [0.05, 0.1) is 10.3 Å². The summed E-state index contributed by atoms with van der Waals surface area (Å²) in [6, 6.07) is 0. The standard InChI is InChI=1S/C26H44N12S4.Mg.4H2/c39-21-33-5-1-3-7-35-23(41)37-25-15-27-9-12-30-18-26(19-31-13-10-28-16-25,20-32-14-11-29-17-25)38-24(42)36-8-4-2-6-34-22-40;;;;;/h1-20H2,(H2,35,37,41)(H2,36,38,42);;4*1H/q-6;+2;;;;. The SMILES string of the molecule is S=C=NCCCCNC(=S)NC12C[N-]CC[N-]CC(NC(=S)NCCCCN=C=S)(C[N-]CC[N-]C1)C[N-]CC[N-]C2.[HH].[HH].[HH].[HH].[Mg+2]. The molecule has 3 saturated heterocycles. The van der Waals surface area contributed by atoms with Crippen molar-refractivity contribution in [2.24, 2.45) is 9.98 Å². The van der Waals surface area contributed by atoms with Gasteiger partial charge < -0.3 is 53.2 Å². The van der Waals surface area contributed by atoms with Gasteiger partial charge in [-0.25, -0.2) is 9.98 Å². The molecular weight excluding hydrogens is 633 g/mol. The maximum absolute atomic E-state index is 5.65. The Balaban J connectivity index is -0.00000185.